The molecule has 31 heavy (non-hydrogen) atoms. The fourth-order valence-electron chi connectivity index (χ4n) is 3.44. The van der Waals surface area contributed by atoms with Crippen LogP contribution in [0.3, 0.4) is 0 Å². The Morgan fingerprint density at radius 3 is 1.94 bits per heavy atom. The second-order valence-corrected chi connectivity index (χ2v) is 7.25. The number of aromatic nitrogens is 3. The summed E-state index contributed by atoms with van der Waals surface area (Å²) in [6, 6.07) is 30.6. The Balaban J connectivity index is 1.37. The molecule has 5 nitrogen and oxygen atoms in total. The highest BCUT2D eigenvalue weighted by molar-refractivity contribution is 5.63. The van der Waals surface area contributed by atoms with Gasteiger partial charge in [-0.2, -0.15) is 0 Å². The highest BCUT2D eigenvalue weighted by atomic mass is 16.3. The molecule has 5 heteroatoms. The third-order valence-electron chi connectivity index (χ3n) is 5.02. The van der Waals surface area contributed by atoms with Crippen LogP contribution in [0, 0.1) is 0 Å². The van der Waals surface area contributed by atoms with Gasteiger partial charge < -0.3 is 4.42 Å². The van der Waals surface area contributed by atoms with Crippen LogP contribution in [-0.4, -0.2) is 15.0 Å². The van der Waals surface area contributed by atoms with Crippen LogP contribution < -0.4 is 5.43 Å². The Morgan fingerprint density at radius 2 is 1.29 bits per heavy atom. The lowest BCUT2D eigenvalue weighted by atomic mass is 10.1. The van der Waals surface area contributed by atoms with Gasteiger partial charge in [0.1, 0.15) is 17.2 Å². The van der Waals surface area contributed by atoms with E-state index in [1.165, 1.54) is 12.1 Å². The standard InChI is InChI=1S/C26H19N3O2/c30-23-15-25(21-9-5-2-6-10-21)31-26(16-23)22-13-11-19(12-14-22)17-29-18-24(27-28-29)20-7-3-1-4-8-20/h1-16,18H,17H2. The molecule has 0 atom stereocenters. The van der Waals surface area contributed by atoms with Crippen molar-refractivity contribution in [3.8, 4) is 33.9 Å². The van der Waals surface area contributed by atoms with Gasteiger partial charge in [-0.3, -0.25) is 4.79 Å². The maximum absolute atomic E-state index is 12.2. The number of hydrogen-bond acceptors (Lipinski definition) is 4. The first-order valence-electron chi connectivity index (χ1n) is 10.0. The molecule has 2 aromatic heterocycles. The summed E-state index contributed by atoms with van der Waals surface area (Å²) < 4.78 is 7.83. The SMILES string of the molecule is O=c1cc(-c2ccccc2)oc(-c2ccc(Cn3cc(-c4ccccc4)nn3)cc2)c1. The Labute approximate surface area is 179 Å². The Hall–Kier alpha value is -4.25. The number of nitrogens with zero attached hydrogens (tertiary/aromatic N) is 3. The molecule has 0 aliphatic carbocycles. The number of benzene rings is 3. The molecule has 0 saturated carbocycles. The fraction of sp³-hybridized carbons (Fsp3) is 0.0385. The average Bonchev–Trinajstić information content (AvgIpc) is 3.29. The minimum atomic E-state index is -0.0831. The molecule has 0 amide bonds. The van der Waals surface area contributed by atoms with Gasteiger partial charge in [-0.25, -0.2) is 4.68 Å². The molecular formula is C26H19N3O2. The first kappa shape index (κ1) is 18.8. The molecule has 2 heterocycles. The van der Waals surface area contributed by atoms with Crippen LogP contribution in [0.25, 0.3) is 33.9 Å². The van der Waals surface area contributed by atoms with Crippen molar-refractivity contribution in [2.75, 3.05) is 0 Å². The van der Waals surface area contributed by atoms with Crippen molar-refractivity contribution < 1.29 is 4.42 Å². The largest absolute Gasteiger partial charge is 0.456 e. The first-order chi connectivity index (χ1) is 15.2. The molecule has 150 valence electrons. The quantitative estimate of drug-likeness (QED) is 0.399. The summed E-state index contributed by atoms with van der Waals surface area (Å²) in [5.74, 6) is 1.10. The second kappa shape index (κ2) is 8.24. The summed E-state index contributed by atoms with van der Waals surface area (Å²) in [5, 5.41) is 8.49. The van der Waals surface area contributed by atoms with E-state index in [4.69, 9.17) is 4.42 Å². The highest BCUT2D eigenvalue weighted by Crippen LogP contribution is 2.25. The molecule has 3 aromatic carbocycles. The van der Waals surface area contributed by atoms with E-state index in [2.05, 4.69) is 10.3 Å². The minimum Gasteiger partial charge on any atom is -0.456 e. The van der Waals surface area contributed by atoms with Crippen molar-refractivity contribution in [2.24, 2.45) is 0 Å². The molecule has 0 aliphatic rings. The van der Waals surface area contributed by atoms with Crippen LogP contribution in [0.5, 0.6) is 0 Å². The normalized spacial score (nSPS) is 10.8. The second-order valence-electron chi connectivity index (χ2n) is 7.25. The summed E-state index contributed by atoms with van der Waals surface area (Å²) in [5.41, 5.74) is 4.60. The highest BCUT2D eigenvalue weighted by Gasteiger charge is 2.08. The van der Waals surface area contributed by atoms with Gasteiger partial charge in [0.2, 0.25) is 0 Å². The topological polar surface area (TPSA) is 60.9 Å². The van der Waals surface area contributed by atoms with Crippen molar-refractivity contribution in [1.82, 2.24) is 15.0 Å². The van der Waals surface area contributed by atoms with Gasteiger partial charge in [-0.15, -0.1) is 5.10 Å². The van der Waals surface area contributed by atoms with Gasteiger partial charge in [-0.1, -0.05) is 90.1 Å². The van der Waals surface area contributed by atoms with Crippen molar-refractivity contribution in [3.63, 3.8) is 0 Å². The van der Waals surface area contributed by atoms with E-state index >= 15 is 0 Å². The van der Waals surface area contributed by atoms with Crippen molar-refractivity contribution >= 4 is 0 Å². The monoisotopic (exact) mass is 405 g/mol. The predicted molar refractivity (Wildman–Crippen MR) is 120 cm³/mol. The van der Waals surface area contributed by atoms with E-state index in [-0.39, 0.29) is 5.43 Å². The summed E-state index contributed by atoms with van der Waals surface area (Å²) >= 11 is 0. The van der Waals surface area contributed by atoms with Crippen LogP contribution in [0.15, 0.2) is 112 Å². The third-order valence-corrected chi connectivity index (χ3v) is 5.02. The van der Waals surface area contributed by atoms with Crippen molar-refractivity contribution in [2.45, 2.75) is 6.54 Å². The van der Waals surface area contributed by atoms with Crippen LogP contribution in [0.2, 0.25) is 0 Å². The molecule has 0 unspecified atom stereocenters. The Kier molecular flexibility index (Phi) is 4.99. The zero-order valence-electron chi connectivity index (χ0n) is 16.7. The molecule has 0 fully saturated rings. The Morgan fingerprint density at radius 1 is 0.710 bits per heavy atom. The molecule has 0 bridgehead atoms. The fourth-order valence-corrected chi connectivity index (χ4v) is 3.44. The van der Waals surface area contributed by atoms with Gasteiger partial charge in [0.15, 0.2) is 5.43 Å². The summed E-state index contributed by atoms with van der Waals surface area (Å²) in [6.07, 6.45) is 1.94. The lowest BCUT2D eigenvalue weighted by Crippen LogP contribution is -2.01. The van der Waals surface area contributed by atoms with Gasteiger partial charge in [0.25, 0.3) is 0 Å². The summed E-state index contributed by atoms with van der Waals surface area (Å²) in [6.45, 7) is 0.605. The summed E-state index contributed by atoms with van der Waals surface area (Å²) in [7, 11) is 0. The molecular weight excluding hydrogens is 386 g/mol. The van der Waals surface area contributed by atoms with E-state index in [0.717, 1.165) is 27.9 Å². The van der Waals surface area contributed by atoms with E-state index in [0.29, 0.717) is 18.1 Å². The van der Waals surface area contributed by atoms with Gasteiger partial charge >= 0.3 is 0 Å². The van der Waals surface area contributed by atoms with Crippen LogP contribution in [0.4, 0.5) is 0 Å². The van der Waals surface area contributed by atoms with Crippen LogP contribution in [-0.2, 0) is 6.54 Å². The van der Waals surface area contributed by atoms with Crippen molar-refractivity contribution in [1.29, 1.82) is 0 Å². The lowest BCUT2D eigenvalue weighted by Gasteiger charge is -2.06. The molecule has 0 radical (unpaired) electrons. The van der Waals surface area contributed by atoms with Gasteiger partial charge in [0.05, 0.1) is 12.7 Å². The van der Waals surface area contributed by atoms with E-state index in [9.17, 15) is 4.79 Å². The zero-order valence-corrected chi connectivity index (χ0v) is 16.7. The zero-order chi connectivity index (χ0) is 21.0. The van der Waals surface area contributed by atoms with Crippen molar-refractivity contribution in [3.05, 3.63) is 119 Å². The number of rotatable bonds is 5. The molecule has 0 aliphatic heterocycles. The lowest BCUT2D eigenvalue weighted by molar-refractivity contribution is 0.580. The minimum absolute atomic E-state index is 0.0831. The molecule has 0 N–H and O–H groups in total. The maximum atomic E-state index is 12.2. The van der Waals surface area contributed by atoms with E-state index < -0.39 is 0 Å². The molecule has 5 rings (SSSR count). The molecule has 0 saturated heterocycles. The average molecular weight is 405 g/mol. The smallest absolute Gasteiger partial charge is 0.186 e. The molecule has 5 aromatic rings. The predicted octanol–water partition coefficient (Wildman–Crippen LogP) is 5.28. The Bertz CT molecular complexity index is 1360. The maximum Gasteiger partial charge on any atom is 0.186 e. The third kappa shape index (κ3) is 4.21. The number of hydrogen-bond donors (Lipinski definition) is 0. The van der Waals surface area contributed by atoms with Gasteiger partial charge in [0, 0.05) is 28.8 Å². The van der Waals surface area contributed by atoms with E-state index in [1.54, 1.807) is 0 Å². The van der Waals surface area contributed by atoms with E-state index in [1.807, 2.05) is 95.8 Å². The van der Waals surface area contributed by atoms with Crippen LogP contribution >= 0.6 is 0 Å². The first-order valence-corrected chi connectivity index (χ1v) is 10.0. The van der Waals surface area contributed by atoms with Crippen LogP contribution in [0.1, 0.15) is 5.56 Å². The van der Waals surface area contributed by atoms with Gasteiger partial charge in [-0.05, 0) is 5.56 Å². The molecule has 0 spiro atoms. The summed E-state index contributed by atoms with van der Waals surface area (Å²) in [4.78, 5) is 12.2.